The maximum absolute atomic E-state index is 13.4. The van der Waals surface area contributed by atoms with Crippen molar-refractivity contribution >= 4 is 17.9 Å². The van der Waals surface area contributed by atoms with Gasteiger partial charge in [-0.15, -0.1) is 0 Å². The van der Waals surface area contributed by atoms with Crippen LogP contribution in [0.1, 0.15) is 46.6 Å². The Kier molecular flexibility index (Phi) is 8.60. The van der Waals surface area contributed by atoms with Crippen LogP contribution in [0.5, 0.6) is 0 Å². The molecule has 3 N–H and O–H groups in total. The van der Waals surface area contributed by atoms with Crippen molar-refractivity contribution in [3.05, 3.63) is 58.9 Å². The number of ether oxygens (including phenoxy) is 1. The summed E-state index contributed by atoms with van der Waals surface area (Å²) >= 11 is 0. The van der Waals surface area contributed by atoms with E-state index in [-0.39, 0.29) is 18.9 Å². The van der Waals surface area contributed by atoms with Crippen LogP contribution >= 0.6 is 0 Å². The maximum atomic E-state index is 13.4. The van der Waals surface area contributed by atoms with Gasteiger partial charge in [-0.05, 0) is 31.2 Å². The Bertz CT molecular complexity index is 896. The summed E-state index contributed by atoms with van der Waals surface area (Å²) in [4.78, 5) is 39.9. The van der Waals surface area contributed by atoms with Gasteiger partial charge in [-0.3, -0.25) is 9.59 Å². The zero-order valence-corrected chi connectivity index (χ0v) is 19.4. The first kappa shape index (κ1) is 25.1. The number of benzene rings is 1. The van der Waals surface area contributed by atoms with Gasteiger partial charge in [0.2, 0.25) is 5.91 Å². The lowest BCUT2D eigenvalue weighted by molar-refractivity contribution is -0.136. The zero-order valence-electron chi connectivity index (χ0n) is 19.4. The van der Waals surface area contributed by atoms with Crippen LogP contribution in [-0.2, 0) is 20.9 Å². The number of amides is 3. The van der Waals surface area contributed by atoms with Gasteiger partial charge in [-0.2, -0.15) is 0 Å². The number of carbonyl (C=O) groups excluding carboxylic acids is 3. The summed E-state index contributed by atoms with van der Waals surface area (Å²) in [6, 6.07) is 8.35. The van der Waals surface area contributed by atoms with Crippen LogP contribution in [0.4, 0.5) is 4.79 Å². The fourth-order valence-electron chi connectivity index (χ4n) is 3.22. The van der Waals surface area contributed by atoms with Crippen LogP contribution in [0.3, 0.4) is 0 Å². The van der Waals surface area contributed by atoms with E-state index in [0.29, 0.717) is 18.7 Å². The molecule has 1 aliphatic heterocycles. The quantitative estimate of drug-likeness (QED) is 0.601. The first-order chi connectivity index (χ1) is 15.0. The van der Waals surface area contributed by atoms with Gasteiger partial charge in [0.15, 0.2) is 0 Å². The van der Waals surface area contributed by atoms with Crippen molar-refractivity contribution < 1.29 is 24.2 Å². The third-order valence-corrected chi connectivity index (χ3v) is 5.09. The molecule has 0 aromatic heterocycles. The molecule has 2 rings (SSSR count). The van der Waals surface area contributed by atoms with E-state index in [1.165, 1.54) is 4.90 Å². The minimum atomic E-state index is -0.902. The molecule has 3 amide bonds. The minimum absolute atomic E-state index is 0.0850. The summed E-state index contributed by atoms with van der Waals surface area (Å²) in [5, 5.41) is 14.8. The van der Waals surface area contributed by atoms with E-state index in [4.69, 9.17) is 4.74 Å². The largest absolute Gasteiger partial charge is 0.445 e. The van der Waals surface area contributed by atoms with Crippen LogP contribution in [0, 0.1) is 5.41 Å². The lowest BCUT2D eigenvalue weighted by atomic mass is 9.86. The molecule has 0 saturated heterocycles. The summed E-state index contributed by atoms with van der Waals surface area (Å²) in [5.41, 5.74) is 1.58. The highest BCUT2D eigenvalue weighted by atomic mass is 16.5. The molecule has 1 heterocycles. The van der Waals surface area contributed by atoms with Crippen molar-refractivity contribution in [2.45, 2.75) is 53.7 Å². The van der Waals surface area contributed by atoms with E-state index < -0.39 is 29.4 Å². The van der Waals surface area contributed by atoms with Gasteiger partial charge >= 0.3 is 6.09 Å². The number of alkyl carbamates (subject to hydrolysis) is 1. The van der Waals surface area contributed by atoms with Crippen LogP contribution in [0.15, 0.2) is 53.4 Å². The Morgan fingerprint density at radius 2 is 1.81 bits per heavy atom. The van der Waals surface area contributed by atoms with E-state index in [0.717, 1.165) is 11.1 Å². The van der Waals surface area contributed by atoms with Crippen LogP contribution in [-0.4, -0.2) is 47.1 Å². The molecule has 1 atom stereocenters. The van der Waals surface area contributed by atoms with Gasteiger partial charge in [-0.1, -0.05) is 62.8 Å². The van der Waals surface area contributed by atoms with E-state index in [1.54, 1.807) is 19.9 Å². The lowest BCUT2D eigenvalue weighted by Crippen LogP contribution is -2.55. The topological polar surface area (TPSA) is 108 Å². The highest BCUT2D eigenvalue weighted by molar-refractivity contribution is 6.00. The number of nitrogens with zero attached hydrogens (tertiary/aromatic N) is 1. The molecule has 1 aromatic rings. The Morgan fingerprint density at radius 3 is 2.38 bits per heavy atom. The van der Waals surface area contributed by atoms with E-state index >= 15 is 0 Å². The van der Waals surface area contributed by atoms with Crippen molar-refractivity contribution in [1.82, 2.24) is 15.5 Å². The van der Waals surface area contributed by atoms with Crippen LogP contribution in [0.2, 0.25) is 0 Å². The number of aliphatic hydroxyl groups excluding tert-OH is 1. The molecule has 0 saturated carbocycles. The fraction of sp³-hybridized carbons (Fsp3) is 0.458. The van der Waals surface area contributed by atoms with Gasteiger partial charge in [0.05, 0.1) is 6.61 Å². The number of nitrogens with one attached hydrogen (secondary N) is 2. The molecule has 8 heteroatoms. The van der Waals surface area contributed by atoms with Gasteiger partial charge in [0.1, 0.15) is 18.3 Å². The molecule has 0 spiro atoms. The molecule has 174 valence electrons. The minimum Gasteiger partial charge on any atom is -0.445 e. The fourth-order valence-corrected chi connectivity index (χ4v) is 3.22. The van der Waals surface area contributed by atoms with Crippen molar-refractivity contribution in [3.63, 3.8) is 0 Å². The molecule has 0 bridgehead atoms. The van der Waals surface area contributed by atoms with Crippen molar-refractivity contribution in [3.8, 4) is 0 Å². The van der Waals surface area contributed by atoms with Gasteiger partial charge < -0.3 is 25.4 Å². The van der Waals surface area contributed by atoms with Crippen LogP contribution in [0.25, 0.3) is 0 Å². The summed E-state index contributed by atoms with van der Waals surface area (Å²) in [5.74, 6) is -0.865. The lowest BCUT2D eigenvalue weighted by Gasteiger charge is -2.33. The standard InChI is InChI=1S/C24H33N3O5/c1-16(2)18(14-28)25-21(29)19-12-9-13-27(19)22(30)20(24(3,4)5)26-23(31)32-15-17-10-7-6-8-11-17/h6-8,10-12,20,28H,9,13-15H2,1-5H3,(H,25,29)(H,26,31)/t20-/m1/s1. The molecule has 0 radical (unpaired) electrons. The molecule has 8 nitrogen and oxygen atoms in total. The highest BCUT2D eigenvalue weighted by Gasteiger charge is 2.39. The smallest absolute Gasteiger partial charge is 0.408 e. The summed E-state index contributed by atoms with van der Waals surface area (Å²) < 4.78 is 5.29. The highest BCUT2D eigenvalue weighted by Crippen LogP contribution is 2.25. The SMILES string of the molecule is CC(C)=C(CO)NC(=O)C1=CCCN1C(=O)[C@@H](NC(=O)OCc1ccccc1)C(C)(C)C. The van der Waals surface area contributed by atoms with E-state index in [2.05, 4.69) is 10.6 Å². The number of allylic oxidation sites excluding steroid dienone is 1. The summed E-state index contributed by atoms with van der Waals surface area (Å²) in [7, 11) is 0. The third kappa shape index (κ3) is 6.68. The number of carbonyl (C=O) groups is 3. The predicted octanol–water partition coefficient (Wildman–Crippen LogP) is 2.85. The predicted molar refractivity (Wildman–Crippen MR) is 121 cm³/mol. The second-order valence-electron chi connectivity index (χ2n) is 8.96. The number of aliphatic hydroxyl groups is 1. The van der Waals surface area contributed by atoms with Gasteiger partial charge in [0, 0.05) is 12.2 Å². The molecule has 32 heavy (non-hydrogen) atoms. The number of hydrogen-bond acceptors (Lipinski definition) is 5. The van der Waals surface area contributed by atoms with Crippen molar-refractivity contribution in [2.75, 3.05) is 13.2 Å². The normalized spacial score (nSPS) is 14.3. The first-order valence-electron chi connectivity index (χ1n) is 10.6. The summed E-state index contributed by atoms with van der Waals surface area (Å²) in [6.07, 6.45) is 1.50. The van der Waals surface area contributed by atoms with Crippen molar-refractivity contribution in [2.24, 2.45) is 5.41 Å². The Morgan fingerprint density at radius 1 is 1.16 bits per heavy atom. The van der Waals surface area contributed by atoms with Gasteiger partial charge in [0.25, 0.3) is 5.91 Å². The van der Waals surface area contributed by atoms with E-state index in [9.17, 15) is 19.5 Å². The Labute approximate surface area is 189 Å². The monoisotopic (exact) mass is 443 g/mol. The average Bonchev–Trinajstić information content (AvgIpc) is 3.23. The second kappa shape index (κ2) is 10.9. The first-order valence-corrected chi connectivity index (χ1v) is 10.6. The third-order valence-electron chi connectivity index (χ3n) is 5.09. The molecule has 1 aliphatic rings. The van der Waals surface area contributed by atoms with Crippen LogP contribution < -0.4 is 10.6 Å². The molecule has 0 aliphatic carbocycles. The molecular weight excluding hydrogens is 410 g/mol. The maximum Gasteiger partial charge on any atom is 0.408 e. The molecular formula is C24H33N3O5. The number of hydrogen-bond donors (Lipinski definition) is 3. The Balaban J connectivity index is 2.11. The van der Waals surface area contributed by atoms with Crippen molar-refractivity contribution in [1.29, 1.82) is 0 Å². The molecule has 0 unspecified atom stereocenters. The van der Waals surface area contributed by atoms with E-state index in [1.807, 2.05) is 51.1 Å². The zero-order chi connectivity index (χ0) is 23.9. The van der Waals surface area contributed by atoms with Gasteiger partial charge in [-0.25, -0.2) is 4.79 Å². The number of rotatable bonds is 7. The second-order valence-corrected chi connectivity index (χ2v) is 8.96. The molecule has 1 aromatic carbocycles. The molecule has 0 fully saturated rings. The average molecular weight is 444 g/mol. The Hall–Kier alpha value is -3.13. The summed E-state index contributed by atoms with van der Waals surface area (Å²) in [6.45, 7) is 9.16.